The Morgan fingerprint density at radius 1 is 1.04 bits per heavy atom. The fraction of sp³-hybridized carbons (Fsp3) is 0.588. The predicted octanol–water partition coefficient (Wildman–Crippen LogP) is 1.11. The second kappa shape index (κ2) is 6.49. The smallest absolute Gasteiger partial charge is 0.323 e. The lowest BCUT2D eigenvalue weighted by Gasteiger charge is -2.41. The first-order valence-electron chi connectivity index (χ1n) is 8.75. The van der Waals surface area contributed by atoms with E-state index in [0.29, 0.717) is 6.04 Å². The van der Waals surface area contributed by atoms with Crippen molar-refractivity contribution >= 4 is 17.1 Å². The van der Waals surface area contributed by atoms with Crippen molar-refractivity contribution in [1.82, 2.24) is 29.7 Å². The number of rotatable bonds is 1. The number of nitrogens with zero attached hydrogens (tertiary/aromatic N) is 6. The van der Waals surface area contributed by atoms with Gasteiger partial charge in [0.25, 0.3) is 0 Å². The minimum absolute atomic E-state index is 0.0551. The topological polar surface area (TPSA) is 57.5 Å². The summed E-state index contributed by atoms with van der Waals surface area (Å²) in [5, 5.41) is 8.13. The fourth-order valence-corrected chi connectivity index (χ4v) is 3.75. The molecule has 0 bridgehead atoms. The molecule has 3 heterocycles. The van der Waals surface area contributed by atoms with Crippen LogP contribution >= 0.6 is 0 Å². The second-order valence-corrected chi connectivity index (χ2v) is 6.83. The van der Waals surface area contributed by atoms with Crippen LogP contribution in [0, 0.1) is 0 Å². The lowest BCUT2D eigenvalue weighted by Crippen LogP contribution is -2.53. The van der Waals surface area contributed by atoms with Gasteiger partial charge in [-0.05, 0) is 32.0 Å². The number of piperazine rings is 1. The number of piperidine rings is 1. The number of hydrogen-bond donors (Lipinski definition) is 0. The van der Waals surface area contributed by atoms with Crippen LogP contribution in [0.1, 0.15) is 12.8 Å². The number of aromatic nitrogens is 3. The fourth-order valence-electron chi connectivity index (χ4n) is 3.75. The van der Waals surface area contributed by atoms with Crippen LogP contribution in [0.5, 0.6) is 0 Å². The van der Waals surface area contributed by atoms with Crippen LogP contribution < -0.4 is 0 Å². The van der Waals surface area contributed by atoms with E-state index in [0.717, 1.165) is 63.1 Å². The van der Waals surface area contributed by atoms with Crippen LogP contribution in [0.3, 0.4) is 0 Å². The maximum atomic E-state index is 12.8. The van der Waals surface area contributed by atoms with Gasteiger partial charge in [0.1, 0.15) is 5.52 Å². The van der Waals surface area contributed by atoms with Crippen LogP contribution in [0.15, 0.2) is 24.3 Å². The van der Waals surface area contributed by atoms with E-state index in [1.165, 1.54) is 4.68 Å². The first kappa shape index (κ1) is 15.5. The molecule has 4 rings (SSSR count). The van der Waals surface area contributed by atoms with Crippen molar-refractivity contribution in [2.75, 3.05) is 46.3 Å². The Morgan fingerprint density at radius 2 is 1.75 bits per heavy atom. The number of likely N-dealkylation sites (tertiary alicyclic amines) is 1. The summed E-state index contributed by atoms with van der Waals surface area (Å²) in [5.74, 6) is 0. The van der Waals surface area contributed by atoms with Crippen LogP contribution in [0.2, 0.25) is 0 Å². The van der Waals surface area contributed by atoms with Crippen molar-refractivity contribution in [2.45, 2.75) is 18.9 Å². The van der Waals surface area contributed by atoms with E-state index in [1.807, 2.05) is 29.2 Å². The monoisotopic (exact) mass is 328 g/mol. The molecule has 2 aliphatic heterocycles. The van der Waals surface area contributed by atoms with E-state index in [4.69, 9.17) is 0 Å². The first-order chi connectivity index (χ1) is 11.7. The average molecular weight is 328 g/mol. The van der Waals surface area contributed by atoms with Gasteiger partial charge in [0.2, 0.25) is 0 Å². The van der Waals surface area contributed by atoms with Gasteiger partial charge in [-0.1, -0.05) is 17.3 Å². The number of carbonyl (C=O) groups excluding carboxylic acids is 1. The van der Waals surface area contributed by atoms with Crippen molar-refractivity contribution in [2.24, 2.45) is 0 Å². The molecule has 2 aromatic rings. The van der Waals surface area contributed by atoms with Gasteiger partial charge < -0.3 is 9.80 Å². The number of fused-ring (bicyclic) bond motifs is 1. The minimum Gasteiger partial charge on any atom is -0.323 e. The van der Waals surface area contributed by atoms with Gasteiger partial charge in [-0.2, -0.15) is 4.68 Å². The van der Waals surface area contributed by atoms with Crippen LogP contribution in [0.4, 0.5) is 4.79 Å². The van der Waals surface area contributed by atoms with Gasteiger partial charge in [-0.25, -0.2) is 4.79 Å². The molecule has 128 valence electrons. The SMILES string of the molecule is CN1CCN(C2CCN(C(=O)n3nnc4ccccc43)CC2)CC1. The largest absolute Gasteiger partial charge is 0.346 e. The van der Waals surface area contributed by atoms with Crippen LogP contribution in [-0.2, 0) is 0 Å². The van der Waals surface area contributed by atoms with Crippen molar-refractivity contribution in [3.05, 3.63) is 24.3 Å². The lowest BCUT2D eigenvalue weighted by molar-refractivity contribution is 0.0747. The molecule has 1 amide bonds. The molecule has 7 heteroatoms. The number of benzene rings is 1. The normalized spacial score (nSPS) is 21.5. The molecule has 0 N–H and O–H groups in total. The third kappa shape index (κ3) is 2.89. The number of para-hydroxylation sites is 1. The summed E-state index contributed by atoms with van der Waals surface area (Å²) in [5.41, 5.74) is 1.54. The van der Waals surface area contributed by atoms with Crippen molar-refractivity contribution in [3.8, 4) is 0 Å². The van der Waals surface area contributed by atoms with E-state index in [2.05, 4.69) is 27.2 Å². The van der Waals surface area contributed by atoms with Crippen molar-refractivity contribution < 1.29 is 4.79 Å². The van der Waals surface area contributed by atoms with E-state index < -0.39 is 0 Å². The first-order valence-corrected chi connectivity index (χ1v) is 8.75. The van der Waals surface area contributed by atoms with Crippen molar-refractivity contribution in [3.63, 3.8) is 0 Å². The minimum atomic E-state index is -0.0551. The summed E-state index contributed by atoms with van der Waals surface area (Å²) < 4.78 is 1.44. The van der Waals surface area contributed by atoms with E-state index in [9.17, 15) is 4.79 Å². The highest BCUT2D eigenvalue weighted by atomic mass is 16.2. The Bertz CT molecular complexity index is 713. The molecule has 0 spiro atoms. The molecule has 24 heavy (non-hydrogen) atoms. The zero-order chi connectivity index (χ0) is 16.5. The van der Waals surface area contributed by atoms with Gasteiger partial charge in [-0.15, -0.1) is 5.10 Å². The molecule has 2 fully saturated rings. The van der Waals surface area contributed by atoms with E-state index in [1.54, 1.807) is 0 Å². The third-order valence-corrected chi connectivity index (χ3v) is 5.32. The Labute approximate surface area is 141 Å². The van der Waals surface area contributed by atoms with Crippen molar-refractivity contribution in [1.29, 1.82) is 0 Å². The number of carbonyl (C=O) groups is 1. The molecule has 2 aliphatic rings. The Kier molecular flexibility index (Phi) is 4.20. The van der Waals surface area contributed by atoms with Gasteiger partial charge in [0.15, 0.2) is 0 Å². The summed E-state index contributed by atoms with van der Waals surface area (Å²) in [4.78, 5) is 19.6. The molecule has 1 aromatic carbocycles. The summed E-state index contributed by atoms with van der Waals surface area (Å²) in [6, 6.07) is 8.15. The molecule has 0 aliphatic carbocycles. The molecule has 2 saturated heterocycles. The lowest BCUT2D eigenvalue weighted by atomic mass is 10.0. The average Bonchev–Trinajstić information content (AvgIpc) is 3.06. The summed E-state index contributed by atoms with van der Waals surface area (Å²) in [7, 11) is 2.18. The molecule has 0 unspecified atom stereocenters. The molecular formula is C17H24N6O. The predicted molar refractivity (Wildman–Crippen MR) is 92.0 cm³/mol. The highest BCUT2D eigenvalue weighted by Gasteiger charge is 2.29. The maximum Gasteiger partial charge on any atom is 0.346 e. The Hall–Kier alpha value is -1.99. The molecular weight excluding hydrogens is 304 g/mol. The van der Waals surface area contributed by atoms with Crippen LogP contribution in [0.25, 0.3) is 11.0 Å². The highest BCUT2D eigenvalue weighted by molar-refractivity contribution is 5.87. The number of likely N-dealkylation sites (N-methyl/N-ethyl adjacent to an activating group) is 1. The second-order valence-electron chi connectivity index (χ2n) is 6.83. The van der Waals surface area contributed by atoms with Gasteiger partial charge in [-0.3, -0.25) is 4.90 Å². The molecule has 0 radical (unpaired) electrons. The molecule has 1 aromatic heterocycles. The number of hydrogen-bond acceptors (Lipinski definition) is 5. The molecule has 0 atom stereocenters. The zero-order valence-corrected chi connectivity index (χ0v) is 14.1. The van der Waals surface area contributed by atoms with Gasteiger partial charge in [0, 0.05) is 45.3 Å². The quantitative estimate of drug-likeness (QED) is 0.785. The Morgan fingerprint density at radius 3 is 2.50 bits per heavy atom. The van der Waals surface area contributed by atoms with E-state index in [-0.39, 0.29) is 6.03 Å². The summed E-state index contributed by atoms with van der Waals surface area (Å²) in [6.07, 6.45) is 2.09. The summed E-state index contributed by atoms with van der Waals surface area (Å²) in [6.45, 7) is 6.16. The summed E-state index contributed by atoms with van der Waals surface area (Å²) >= 11 is 0. The van der Waals surface area contributed by atoms with Gasteiger partial charge >= 0.3 is 6.03 Å². The van der Waals surface area contributed by atoms with Gasteiger partial charge in [0.05, 0.1) is 5.52 Å². The van der Waals surface area contributed by atoms with E-state index >= 15 is 0 Å². The molecule has 0 saturated carbocycles. The zero-order valence-electron chi connectivity index (χ0n) is 14.1. The highest BCUT2D eigenvalue weighted by Crippen LogP contribution is 2.19. The Balaban J connectivity index is 1.39. The molecule has 7 nitrogen and oxygen atoms in total. The number of amides is 1. The third-order valence-electron chi connectivity index (χ3n) is 5.32. The van der Waals surface area contributed by atoms with Crippen LogP contribution in [-0.4, -0.2) is 88.1 Å². The standard InChI is InChI=1S/C17H24N6O/c1-20-10-12-21(13-11-20)14-6-8-22(9-7-14)17(24)23-16-5-3-2-4-15(16)18-19-23/h2-5,14H,6-13H2,1H3. The maximum absolute atomic E-state index is 12.8.